The quantitative estimate of drug-likeness (QED) is 0.607. The van der Waals surface area contributed by atoms with E-state index in [9.17, 15) is 9.59 Å². The molecule has 0 saturated heterocycles. The maximum atomic E-state index is 11.1. The molecule has 0 radical (unpaired) electrons. The highest BCUT2D eigenvalue weighted by molar-refractivity contribution is 9.10. The highest BCUT2D eigenvalue weighted by Crippen LogP contribution is 2.22. The van der Waals surface area contributed by atoms with Gasteiger partial charge in [-0.1, -0.05) is 6.07 Å². The van der Waals surface area contributed by atoms with Crippen molar-refractivity contribution in [1.82, 2.24) is 15.0 Å². The molecular weight excluding hydrogens is 422 g/mol. The number of ether oxygens (including phenoxy) is 1. The Balaban J connectivity index is 0.000000199. The third kappa shape index (κ3) is 5.23. The number of aromatic carboxylic acids is 1. The molecule has 0 fully saturated rings. The lowest BCUT2D eigenvalue weighted by molar-refractivity contribution is 0.0517. The molecule has 0 aliphatic heterocycles. The predicted molar refractivity (Wildman–Crippen MR) is 96.3 cm³/mol. The van der Waals surface area contributed by atoms with Gasteiger partial charge in [-0.05, 0) is 35.0 Å². The minimum Gasteiger partial charge on any atom is -0.476 e. The van der Waals surface area contributed by atoms with Gasteiger partial charge >= 0.3 is 11.9 Å². The molecule has 0 aromatic carbocycles. The maximum Gasteiger partial charge on any atom is 0.361 e. The fraction of sp³-hybridized carbons (Fsp3) is 0.235. The van der Waals surface area contributed by atoms with Gasteiger partial charge in [0.2, 0.25) is 10.4 Å². The average molecular weight is 438 g/mol. The van der Waals surface area contributed by atoms with Gasteiger partial charge in [0.05, 0.1) is 6.61 Å². The zero-order valence-electron chi connectivity index (χ0n) is 14.7. The molecule has 0 aliphatic carbocycles. The molecule has 3 aromatic heterocycles. The topological polar surface area (TPSA) is 129 Å². The molecule has 1 N–H and O–H groups in total. The Labute approximate surface area is 162 Å². The van der Waals surface area contributed by atoms with Crippen molar-refractivity contribution in [3.05, 3.63) is 52.2 Å². The van der Waals surface area contributed by atoms with Crippen LogP contribution in [0.3, 0.4) is 0 Å². The fourth-order valence-electron chi connectivity index (χ4n) is 1.97. The van der Waals surface area contributed by atoms with E-state index in [2.05, 4.69) is 30.9 Å². The number of carboxylic acid groups (broad SMARTS) is 1. The summed E-state index contributed by atoms with van der Waals surface area (Å²) in [5, 5.41) is 8.89. The van der Waals surface area contributed by atoms with Crippen molar-refractivity contribution >= 4 is 27.9 Å². The number of rotatable bonds is 4. The first-order valence-electron chi connectivity index (χ1n) is 7.75. The average Bonchev–Trinajstić information content (AvgIpc) is 3.18. The second-order valence-electron chi connectivity index (χ2n) is 5.01. The zero-order chi connectivity index (χ0) is 20.0. The zero-order valence-corrected chi connectivity index (χ0v) is 16.3. The third-order valence-electron chi connectivity index (χ3n) is 3.00. The van der Waals surface area contributed by atoms with Crippen molar-refractivity contribution < 1.29 is 28.3 Å². The van der Waals surface area contributed by atoms with Gasteiger partial charge in [0.1, 0.15) is 5.69 Å². The molecule has 10 heteroatoms. The van der Waals surface area contributed by atoms with E-state index in [1.807, 2.05) is 0 Å². The summed E-state index contributed by atoms with van der Waals surface area (Å²) in [7, 11) is 0. The molecule has 3 heterocycles. The normalized spacial score (nSPS) is 10.1. The van der Waals surface area contributed by atoms with E-state index in [1.54, 1.807) is 45.2 Å². The van der Waals surface area contributed by atoms with Crippen molar-refractivity contribution in [2.45, 2.75) is 20.8 Å². The highest BCUT2D eigenvalue weighted by Gasteiger charge is 2.20. The summed E-state index contributed by atoms with van der Waals surface area (Å²) in [6, 6.07) is 5.17. The summed E-state index contributed by atoms with van der Waals surface area (Å²) < 4.78 is 15.2. The smallest absolute Gasteiger partial charge is 0.361 e. The molecule has 27 heavy (non-hydrogen) atoms. The molecular formula is C17H16BrN3O6. The van der Waals surface area contributed by atoms with Gasteiger partial charge < -0.3 is 18.7 Å². The lowest BCUT2D eigenvalue weighted by Crippen LogP contribution is -2.05. The molecule has 0 aliphatic rings. The standard InChI is InChI=1S/C10H8N2O3.C7H8BrNO3/c1-6-12-8(10(13)14)9(15-6)7-4-2-3-5-11-7;1-3-11-7(10)5-6(8)12-4(2)9-5/h2-5H,1H3,(H,13,14);3H2,1-2H3. The highest BCUT2D eigenvalue weighted by atomic mass is 79.9. The lowest BCUT2D eigenvalue weighted by atomic mass is 10.2. The van der Waals surface area contributed by atoms with Crippen LogP contribution in [0, 0.1) is 13.8 Å². The van der Waals surface area contributed by atoms with Gasteiger partial charge in [-0.3, -0.25) is 4.98 Å². The van der Waals surface area contributed by atoms with Crippen molar-refractivity contribution in [1.29, 1.82) is 0 Å². The van der Waals surface area contributed by atoms with Crippen molar-refractivity contribution in [2.24, 2.45) is 0 Å². The molecule has 9 nitrogen and oxygen atoms in total. The summed E-state index contributed by atoms with van der Waals surface area (Å²) in [6.07, 6.45) is 1.57. The van der Waals surface area contributed by atoms with Crippen molar-refractivity contribution in [3.8, 4) is 11.5 Å². The number of carboxylic acids is 1. The Morgan fingerprint density at radius 1 is 1.15 bits per heavy atom. The Morgan fingerprint density at radius 2 is 1.81 bits per heavy atom. The first-order valence-corrected chi connectivity index (χ1v) is 8.55. The van der Waals surface area contributed by atoms with Crippen LogP contribution in [0.1, 0.15) is 39.7 Å². The molecule has 0 bridgehead atoms. The van der Waals surface area contributed by atoms with Gasteiger partial charge in [0.15, 0.2) is 23.2 Å². The number of hydrogen-bond acceptors (Lipinski definition) is 8. The van der Waals surface area contributed by atoms with Crippen LogP contribution in [0.15, 0.2) is 37.9 Å². The number of nitrogens with zero attached hydrogens (tertiary/aromatic N) is 3. The van der Waals surface area contributed by atoms with Crippen LogP contribution in [-0.4, -0.2) is 38.6 Å². The summed E-state index contributed by atoms with van der Waals surface area (Å²) in [5.41, 5.74) is 0.552. The van der Waals surface area contributed by atoms with Gasteiger partial charge in [-0.2, -0.15) is 0 Å². The first kappa shape index (κ1) is 20.3. The third-order valence-corrected chi connectivity index (χ3v) is 3.53. The summed E-state index contributed by atoms with van der Waals surface area (Å²) in [4.78, 5) is 33.6. The Morgan fingerprint density at radius 3 is 2.33 bits per heavy atom. The molecule has 3 aromatic rings. The molecule has 0 atom stereocenters. The minimum atomic E-state index is -1.12. The van der Waals surface area contributed by atoms with Gasteiger partial charge in [0, 0.05) is 20.0 Å². The monoisotopic (exact) mass is 437 g/mol. The van der Waals surface area contributed by atoms with E-state index in [0.29, 0.717) is 28.8 Å². The van der Waals surface area contributed by atoms with E-state index >= 15 is 0 Å². The number of aromatic nitrogens is 3. The Kier molecular flexibility index (Phi) is 6.83. The van der Waals surface area contributed by atoms with E-state index in [4.69, 9.17) is 18.7 Å². The lowest BCUT2D eigenvalue weighted by Gasteiger charge is -1.95. The second kappa shape index (κ2) is 9.08. The van der Waals surface area contributed by atoms with Crippen molar-refractivity contribution in [2.75, 3.05) is 6.61 Å². The number of esters is 1. The molecule has 0 unspecified atom stereocenters. The minimum absolute atomic E-state index is 0.105. The van der Waals surface area contributed by atoms with Crippen LogP contribution in [0.25, 0.3) is 11.5 Å². The number of oxazole rings is 2. The number of carbonyl (C=O) groups is 2. The van der Waals surface area contributed by atoms with E-state index < -0.39 is 11.9 Å². The van der Waals surface area contributed by atoms with Crippen molar-refractivity contribution in [3.63, 3.8) is 0 Å². The largest absolute Gasteiger partial charge is 0.476 e. The van der Waals surface area contributed by atoms with Crippen LogP contribution < -0.4 is 0 Å². The number of aryl methyl sites for hydroxylation is 2. The van der Waals surface area contributed by atoms with E-state index in [-0.39, 0.29) is 17.1 Å². The van der Waals surface area contributed by atoms with E-state index in [1.165, 1.54) is 0 Å². The summed E-state index contributed by atoms with van der Waals surface area (Å²) >= 11 is 3.06. The summed E-state index contributed by atoms with van der Waals surface area (Å²) in [5.74, 6) is -0.646. The molecule has 0 amide bonds. The van der Waals surface area contributed by atoms with Crippen LogP contribution in [0.4, 0.5) is 0 Å². The fourth-order valence-corrected chi connectivity index (χ4v) is 2.46. The number of carbonyl (C=O) groups excluding carboxylic acids is 1. The van der Waals surface area contributed by atoms with Crippen LogP contribution in [0.5, 0.6) is 0 Å². The molecule has 0 spiro atoms. The Hall–Kier alpha value is -3.01. The summed E-state index contributed by atoms with van der Waals surface area (Å²) in [6.45, 7) is 5.32. The van der Waals surface area contributed by atoms with Gasteiger partial charge in [0.25, 0.3) is 0 Å². The van der Waals surface area contributed by atoms with Crippen LogP contribution >= 0.6 is 15.9 Å². The van der Waals surface area contributed by atoms with Gasteiger partial charge in [-0.15, -0.1) is 0 Å². The maximum absolute atomic E-state index is 11.1. The first-order chi connectivity index (χ1) is 12.8. The second-order valence-corrected chi connectivity index (χ2v) is 5.73. The number of pyridine rings is 1. The van der Waals surface area contributed by atoms with E-state index in [0.717, 1.165) is 0 Å². The van der Waals surface area contributed by atoms with Crippen LogP contribution in [-0.2, 0) is 4.74 Å². The number of hydrogen-bond donors (Lipinski definition) is 1. The molecule has 3 rings (SSSR count). The van der Waals surface area contributed by atoms with Crippen LogP contribution in [0.2, 0.25) is 0 Å². The SMILES string of the molecule is CCOC(=O)c1nc(C)oc1Br.Cc1nc(C(=O)O)c(-c2ccccn2)o1. The number of halogens is 1. The predicted octanol–water partition coefficient (Wildman–Crippen LogP) is 3.67. The molecule has 0 saturated carbocycles. The molecule has 142 valence electrons. The van der Waals surface area contributed by atoms with Gasteiger partial charge in [-0.25, -0.2) is 19.6 Å². The Bertz CT molecular complexity index is 936.